The van der Waals surface area contributed by atoms with E-state index in [0.717, 1.165) is 0 Å². The Bertz CT molecular complexity index is 775. The number of rotatable bonds is 3. The van der Waals surface area contributed by atoms with Crippen LogP contribution >= 0.6 is 23.8 Å². The number of anilines is 1. The van der Waals surface area contributed by atoms with Crippen molar-refractivity contribution in [2.75, 3.05) is 5.32 Å². The van der Waals surface area contributed by atoms with Gasteiger partial charge in [0, 0.05) is 16.3 Å². The molecule has 0 aromatic heterocycles. The summed E-state index contributed by atoms with van der Waals surface area (Å²) in [6, 6.07) is 11.0. The van der Waals surface area contributed by atoms with Crippen LogP contribution in [0.1, 0.15) is 26.3 Å². The van der Waals surface area contributed by atoms with Gasteiger partial charge in [0.05, 0.1) is 5.56 Å². The molecule has 0 saturated carbocycles. The van der Waals surface area contributed by atoms with Crippen molar-refractivity contribution in [2.24, 2.45) is 0 Å². The molecule has 1 amide bonds. The number of aromatic carboxylic acids is 1. The summed E-state index contributed by atoms with van der Waals surface area (Å²) in [7, 11) is 0. The van der Waals surface area contributed by atoms with Crippen LogP contribution < -0.4 is 10.6 Å². The van der Waals surface area contributed by atoms with E-state index in [2.05, 4.69) is 10.6 Å². The average molecular weight is 349 g/mol. The lowest BCUT2D eigenvalue weighted by atomic mass is 10.1. The van der Waals surface area contributed by atoms with Crippen molar-refractivity contribution in [1.29, 1.82) is 0 Å². The Morgan fingerprint density at radius 2 is 1.70 bits per heavy atom. The Labute approximate surface area is 143 Å². The molecule has 0 spiro atoms. The van der Waals surface area contributed by atoms with Crippen molar-refractivity contribution in [3.63, 3.8) is 0 Å². The molecule has 2 aromatic carbocycles. The first kappa shape index (κ1) is 16.9. The molecule has 5 nitrogen and oxygen atoms in total. The summed E-state index contributed by atoms with van der Waals surface area (Å²) >= 11 is 10.9. The number of hydrogen-bond donors (Lipinski definition) is 3. The highest BCUT2D eigenvalue weighted by Crippen LogP contribution is 2.16. The second-order valence-corrected chi connectivity index (χ2v) is 5.59. The topological polar surface area (TPSA) is 78.4 Å². The molecule has 0 radical (unpaired) electrons. The SMILES string of the molecule is Cc1cc(C(=O)O)ccc1NC(=S)NC(=O)c1ccc(Cl)cc1. The highest BCUT2D eigenvalue weighted by atomic mass is 35.5. The van der Waals surface area contributed by atoms with E-state index in [-0.39, 0.29) is 16.6 Å². The van der Waals surface area contributed by atoms with Gasteiger partial charge in [0.25, 0.3) is 5.91 Å². The van der Waals surface area contributed by atoms with Crippen LogP contribution in [0.2, 0.25) is 5.02 Å². The number of carbonyl (C=O) groups is 2. The molecule has 0 atom stereocenters. The highest BCUT2D eigenvalue weighted by Gasteiger charge is 2.10. The molecule has 0 unspecified atom stereocenters. The molecule has 0 bridgehead atoms. The zero-order valence-corrected chi connectivity index (χ0v) is 13.7. The maximum absolute atomic E-state index is 12.0. The number of halogens is 1. The number of carboxylic acids is 1. The third kappa shape index (κ3) is 4.51. The summed E-state index contributed by atoms with van der Waals surface area (Å²) in [5.41, 5.74) is 1.94. The molecular weight excluding hydrogens is 336 g/mol. The summed E-state index contributed by atoms with van der Waals surface area (Å²) in [4.78, 5) is 22.9. The summed E-state index contributed by atoms with van der Waals surface area (Å²) < 4.78 is 0. The Kier molecular flexibility index (Phi) is 5.31. The number of benzene rings is 2. The van der Waals surface area contributed by atoms with Crippen molar-refractivity contribution in [3.8, 4) is 0 Å². The number of carboxylic acid groups (broad SMARTS) is 1. The first-order valence-electron chi connectivity index (χ1n) is 6.58. The molecule has 23 heavy (non-hydrogen) atoms. The van der Waals surface area contributed by atoms with Gasteiger partial charge in [-0.15, -0.1) is 0 Å². The first-order chi connectivity index (χ1) is 10.9. The molecular formula is C16H13ClN2O3S. The standard InChI is InChI=1S/C16H13ClN2O3S/c1-9-8-11(15(21)22)4-7-13(9)18-16(23)19-14(20)10-2-5-12(17)6-3-10/h2-8H,1H3,(H,21,22)(H2,18,19,20,23). The molecule has 0 fully saturated rings. The fourth-order valence-corrected chi connectivity index (χ4v) is 2.20. The van der Waals surface area contributed by atoms with Crippen LogP contribution in [0.5, 0.6) is 0 Å². The van der Waals surface area contributed by atoms with Crippen molar-refractivity contribution in [3.05, 3.63) is 64.2 Å². The molecule has 0 aliphatic rings. The predicted molar refractivity (Wildman–Crippen MR) is 93.3 cm³/mol. The van der Waals surface area contributed by atoms with Gasteiger partial charge in [-0.2, -0.15) is 0 Å². The van der Waals surface area contributed by atoms with E-state index in [9.17, 15) is 9.59 Å². The monoisotopic (exact) mass is 348 g/mol. The Morgan fingerprint density at radius 3 is 2.26 bits per heavy atom. The van der Waals surface area contributed by atoms with E-state index in [4.69, 9.17) is 28.9 Å². The minimum Gasteiger partial charge on any atom is -0.478 e. The summed E-state index contributed by atoms with van der Waals surface area (Å²) in [6.45, 7) is 1.75. The Morgan fingerprint density at radius 1 is 1.09 bits per heavy atom. The fraction of sp³-hybridized carbons (Fsp3) is 0.0625. The molecule has 7 heteroatoms. The van der Waals surface area contributed by atoms with Gasteiger partial charge in [-0.25, -0.2) is 4.79 Å². The number of hydrogen-bond acceptors (Lipinski definition) is 3. The van der Waals surface area contributed by atoms with E-state index in [1.807, 2.05) is 0 Å². The second kappa shape index (κ2) is 7.21. The van der Waals surface area contributed by atoms with Crippen LogP contribution in [0.15, 0.2) is 42.5 Å². The molecule has 2 aromatic rings. The van der Waals surface area contributed by atoms with Crippen LogP contribution in [-0.2, 0) is 0 Å². The number of aryl methyl sites for hydroxylation is 1. The molecule has 3 N–H and O–H groups in total. The van der Waals surface area contributed by atoms with E-state index in [0.29, 0.717) is 21.8 Å². The number of amides is 1. The lowest BCUT2D eigenvalue weighted by Crippen LogP contribution is -2.34. The zero-order chi connectivity index (χ0) is 17.0. The van der Waals surface area contributed by atoms with Gasteiger partial charge < -0.3 is 10.4 Å². The minimum absolute atomic E-state index is 0.121. The van der Waals surface area contributed by atoms with Crippen LogP contribution in [0, 0.1) is 6.92 Å². The van der Waals surface area contributed by atoms with Gasteiger partial charge >= 0.3 is 5.97 Å². The molecule has 118 valence electrons. The largest absolute Gasteiger partial charge is 0.478 e. The lowest BCUT2D eigenvalue weighted by Gasteiger charge is -2.12. The predicted octanol–water partition coefficient (Wildman–Crippen LogP) is 3.47. The normalized spacial score (nSPS) is 10.0. The highest BCUT2D eigenvalue weighted by molar-refractivity contribution is 7.80. The first-order valence-corrected chi connectivity index (χ1v) is 7.37. The second-order valence-electron chi connectivity index (χ2n) is 4.75. The van der Waals surface area contributed by atoms with Gasteiger partial charge in [0.15, 0.2) is 5.11 Å². The van der Waals surface area contributed by atoms with Crippen LogP contribution in [0.3, 0.4) is 0 Å². The van der Waals surface area contributed by atoms with Gasteiger partial charge in [0.1, 0.15) is 0 Å². The number of nitrogens with one attached hydrogen (secondary N) is 2. The van der Waals surface area contributed by atoms with Gasteiger partial charge in [-0.1, -0.05) is 11.6 Å². The third-order valence-electron chi connectivity index (χ3n) is 3.06. The maximum atomic E-state index is 12.0. The van der Waals surface area contributed by atoms with Gasteiger partial charge in [-0.3, -0.25) is 10.1 Å². The molecule has 0 aliphatic carbocycles. The molecule has 2 rings (SSSR count). The smallest absolute Gasteiger partial charge is 0.335 e. The molecule has 0 heterocycles. The maximum Gasteiger partial charge on any atom is 0.335 e. The van der Waals surface area contributed by atoms with Gasteiger partial charge in [0.2, 0.25) is 0 Å². The van der Waals surface area contributed by atoms with Crippen molar-refractivity contribution in [2.45, 2.75) is 6.92 Å². The molecule has 0 aliphatic heterocycles. The minimum atomic E-state index is -1.00. The van der Waals surface area contributed by atoms with E-state index < -0.39 is 5.97 Å². The lowest BCUT2D eigenvalue weighted by molar-refractivity contribution is 0.0696. The van der Waals surface area contributed by atoms with Crippen LogP contribution in [0.4, 0.5) is 5.69 Å². The van der Waals surface area contributed by atoms with E-state index >= 15 is 0 Å². The molecule has 0 saturated heterocycles. The van der Waals surface area contributed by atoms with Crippen LogP contribution in [0.25, 0.3) is 0 Å². The quantitative estimate of drug-likeness (QED) is 0.740. The van der Waals surface area contributed by atoms with Gasteiger partial charge in [-0.05, 0) is 67.2 Å². The zero-order valence-electron chi connectivity index (χ0n) is 12.1. The third-order valence-corrected chi connectivity index (χ3v) is 3.51. The fourth-order valence-electron chi connectivity index (χ4n) is 1.87. The van der Waals surface area contributed by atoms with Crippen LogP contribution in [-0.4, -0.2) is 22.1 Å². The van der Waals surface area contributed by atoms with E-state index in [1.165, 1.54) is 12.1 Å². The number of thiocarbonyl (C=S) groups is 1. The Balaban J connectivity index is 2.03. The number of carbonyl (C=O) groups excluding carboxylic acids is 1. The average Bonchev–Trinajstić information content (AvgIpc) is 2.49. The Hall–Kier alpha value is -2.44. The van der Waals surface area contributed by atoms with E-state index in [1.54, 1.807) is 37.3 Å². The van der Waals surface area contributed by atoms with Crippen molar-refractivity contribution in [1.82, 2.24) is 5.32 Å². The summed E-state index contributed by atoms with van der Waals surface area (Å²) in [5.74, 6) is -1.36. The van der Waals surface area contributed by atoms with Crippen molar-refractivity contribution >= 4 is 46.5 Å². The summed E-state index contributed by atoms with van der Waals surface area (Å²) in [5, 5.41) is 15.0. The van der Waals surface area contributed by atoms with Crippen molar-refractivity contribution < 1.29 is 14.7 Å². The summed E-state index contributed by atoms with van der Waals surface area (Å²) in [6.07, 6.45) is 0.